The van der Waals surface area contributed by atoms with E-state index in [2.05, 4.69) is 11.7 Å². The Bertz CT molecular complexity index is 91.1. The zero-order valence-corrected chi connectivity index (χ0v) is 6.15. The molecule has 1 radical (unpaired) electrons. The lowest BCUT2D eigenvalue weighted by molar-refractivity contribution is -0.142. The maximum absolute atomic E-state index is 10.5. The molecule has 53 valence electrons. The van der Waals surface area contributed by atoms with Crippen LogP contribution < -0.4 is 0 Å². The van der Waals surface area contributed by atoms with Gasteiger partial charge in [0.1, 0.15) is 0 Å². The van der Waals surface area contributed by atoms with Crippen molar-refractivity contribution in [3.63, 3.8) is 0 Å². The number of halogens is 1. The molecule has 0 heterocycles. The minimum Gasteiger partial charge on any atom is -0.466 e. The Labute approximate surface area is 60.1 Å². The summed E-state index contributed by atoms with van der Waals surface area (Å²) in [5.41, 5.74) is 0. The largest absolute Gasteiger partial charge is 0.466 e. The van der Waals surface area contributed by atoms with Crippen molar-refractivity contribution in [1.29, 1.82) is 0 Å². The Morgan fingerprint density at radius 1 is 1.89 bits per heavy atom. The molecule has 0 rings (SSSR count). The molecule has 0 aliphatic carbocycles. The van der Waals surface area contributed by atoms with Gasteiger partial charge in [-0.1, -0.05) is 0 Å². The summed E-state index contributed by atoms with van der Waals surface area (Å²) in [6.07, 6.45) is 0.261. The van der Waals surface area contributed by atoms with Crippen molar-refractivity contribution in [2.45, 2.75) is 18.7 Å². The molecule has 0 spiro atoms. The fourth-order valence-corrected chi connectivity index (χ4v) is 0.528. The SMILES string of the molecule is [CH2]COC(=O)CC(C)Cl. The van der Waals surface area contributed by atoms with E-state index in [0.717, 1.165) is 0 Å². The summed E-state index contributed by atoms with van der Waals surface area (Å²) in [5.74, 6) is -0.285. The molecule has 0 aliphatic rings. The van der Waals surface area contributed by atoms with Gasteiger partial charge in [-0.3, -0.25) is 4.79 Å². The van der Waals surface area contributed by atoms with Crippen LogP contribution in [0.1, 0.15) is 13.3 Å². The van der Waals surface area contributed by atoms with Crippen molar-refractivity contribution in [3.8, 4) is 0 Å². The van der Waals surface area contributed by atoms with Crippen LogP contribution in [-0.2, 0) is 9.53 Å². The molecule has 1 unspecified atom stereocenters. The fourth-order valence-electron chi connectivity index (χ4n) is 0.402. The van der Waals surface area contributed by atoms with Crippen LogP contribution in [0.3, 0.4) is 0 Å². The molecular formula is C6H10ClO2. The van der Waals surface area contributed by atoms with Crippen LogP contribution >= 0.6 is 11.6 Å². The predicted molar refractivity (Wildman–Crippen MR) is 36.2 cm³/mol. The molecule has 2 nitrogen and oxygen atoms in total. The summed E-state index contributed by atoms with van der Waals surface area (Å²) in [6.45, 7) is 5.27. The molecule has 0 N–H and O–H groups in total. The second-order valence-electron chi connectivity index (χ2n) is 1.71. The van der Waals surface area contributed by atoms with Gasteiger partial charge in [0.25, 0.3) is 0 Å². The lowest BCUT2D eigenvalue weighted by Gasteiger charge is -2.00. The summed E-state index contributed by atoms with van der Waals surface area (Å²) in [7, 11) is 0. The van der Waals surface area contributed by atoms with Crippen LogP contribution in [0, 0.1) is 6.92 Å². The van der Waals surface area contributed by atoms with E-state index in [9.17, 15) is 4.79 Å². The van der Waals surface area contributed by atoms with Crippen molar-refractivity contribution < 1.29 is 9.53 Å². The first kappa shape index (κ1) is 8.76. The van der Waals surface area contributed by atoms with Crippen LogP contribution in [0.25, 0.3) is 0 Å². The molecule has 3 heteroatoms. The first-order valence-electron chi connectivity index (χ1n) is 2.75. The van der Waals surface area contributed by atoms with E-state index in [-0.39, 0.29) is 24.4 Å². The zero-order valence-electron chi connectivity index (χ0n) is 5.39. The van der Waals surface area contributed by atoms with Crippen LogP contribution in [0.15, 0.2) is 0 Å². The molecule has 0 aromatic heterocycles. The van der Waals surface area contributed by atoms with Crippen molar-refractivity contribution in [2.75, 3.05) is 6.61 Å². The second-order valence-corrected chi connectivity index (χ2v) is 2.45. The summed E-state index contributed by atoms with van der Waals surface area (Å²) >= 11 is 5.49. The minimum absolute atomic E-state index is 0.149. The number of carbonyl (C=O) groups is 1. The van der Waals surface area contributed by atoms with Gasteiger partial charge in [0.05, 0.1) is 13.0 Å². The van der Waals surface area contributed by atoms with Crippen LogP contribution in [-0.4, -0.2) is 18.0 Å². The van der Waals surface area contributed by atoms with Crippen molar-refractivity contribution in [2.24, 2.45) is 0 Å². The van der Waals surface area contributed by atoms with Gasteiger partial charge in [-0.05, 0) is 13.8 Å². The van der Waals surface area contributed by atoms with Gasteiger partial charge >= 0.3 is 5.97 Å². The monoisotopic (exact) mass is 149 g/mol. The highest BCUT2D eigenvalue weighted by Gasteiger charge is 2.04. The van der Waals surface area contributed by atoms with Crippen molar-refractivity contribution in [1.82, 2.24) is 0 Å². The lowest BCUT2D eigenvalue weighted by Crippen LogP contribution is -2.08. The smallest absolute Gasteiger partial charge is 0.307 e. The molecule has 1 atom stereocenters. The van der Waals surface area contributed by atoms with Crippen LogP contribution in [0.5, 0.6) is 0 Å². The van der Waals surface area contributed by atoms with Gasteiger partial charge in [0, 0.05) is 5.38 Å². The summed E-state index contributed by atoms with van der Waals surface area (Å²) < 4.78 is 4.52. The molecule has 0 amide bonds. The number of alkyl halides is 1. The van der Waals surface area contributed by atoms with Crippen molar-refractivity contribution >= 4 is 17.6 Å². The highest BCUT2D eigenvalue weighted by molar-refractivity contribution is 6.21. The first-order chi connectivity index (χ1) is 4.16. The van der Waals surface area contributed by atoms with E-state index in [1.54, 1.807) is 6.92 Å². The van der Waals surface area contributed by atoms with Gasteiger partial charge < -0.3 is 4.74 Å². The number of rotatable bonds is 3. The molecule has 0 saturated heterocycles. The average molecular weight is 150 g/mol. The van der Waals surface area contributed by atoms with Gasteiger partial charge in [-0.2, -0.15) is 0 Å². The van der Waals surface area contributed by atoms with Gasteiger partial charge in [0.2, 0.25) is 0 Å². The van der Waals surface area contributed by atoms with Gasteiger partial charge in [-0.25, -0.2) is 0 Å². The number of esters is 1. The summed E-state index contributed by atoms with van der Waals surface area (Å²) in [4.78, 5) is 10.5. The van der Waals surface area contributed by atoms with E-state index in [4.69, 9.17) is 11.6 Å². The molecule has 0 aromatic carbocycles. The Kier molecular flexibility index (Phi) is 4.50. The third-order valence-electron chi connectivity index (χ3n) is 0.711. The molecule has 0 aromatic rings. The van der Waals surface area contributed by atoms with E-state index >= 15 is 0 Å². The zero-order chi connectivity index (χ0) is 7.28. The Morgan fingerprint density at radius 3 is 2.78 bits per heavy atom. The second kappa shape index (κ2) is 4.62. The molecular weight excluding hydrogens is 140 g/mol. The van der Waals surface area contributed by atoms with E-state index in [0.29, 0.717) is 0 Å². The number of hydrogen-bond donors (Lipinski definition) is 0. The van der Waals surface area contributed by atoms with Crippen LogP contribution in [0.2, 0.25) is 0 Å². The third-order valence-corrected chi connectivity index (χ3v) is 0.865. The summed E-state index contributed by atoms with van der Waals surface area (Å²) in [6, 6.07) is 0. The quantitative estimate of drug-likeness (QED) is 0.448. The first-order valence-corrected chi connectivity index (χ1v) is 3.19. The number of ether oxygens (including phenoxy) is 1. The molecule has 0 saturated carbocycles. The van der Waals surface area contributed by atoms with Crippen LogP contribution in [0.4, 0.5) is 0 Å². The van der Waals surface area contributed by atoms with Gasteiger partial charge in [-0.15, -0.1) is 11.6 Å². The normalized spacial score (nSPS) is 12.8. The third kappa shape index (κ3) is 5.63. The van der Waals surface area contributed by atoms with E-state index < -0.39 is 0 Å². The average Bonchev–Trinajstić information content (AvgIpc) is 1.63. The Morgan fingerprint density at radius 2 is 2.44 bits per heavy atom. The predicted octanol–water partition coefficient (Wildman–Crippen LogP) is 1.38. The van der Waals surface area contributed by atoms with E-state index in [1.165, 1.54) is 0 Å². The number of carbonyl (C=O) groups excluding carboxylic acids is 1. The highest BCUT2D eigenvalue weighted by atomic mass is 35.5. The summed E-state index contributed by atoms with van der Waals surface area (Å²) in [5, 5.41) is -0.149. The maximum atomic E-state index is 10.5. The Balaban J connectivity index is 3.27. The fraction of sp³-hybridized carbons (Fsp3) is 0.667. The molecule has 0 fully saturated rings. The lowest BCUT2D eigenvalue weighted by atomic mass is 10.3. The maximum Gasteiger partial charge on any atom is 0.307 e. The standard InChI is InChI=1S/C6H10ClO2/c1-3-9-6(8)4-5(2)7/h5H,1,3-4H2,2H3. The van der Waals surface area contributed by atoms with Crippen molar-refractivity contribution in [3.05, 3.63) is 6.92 Å². The van der Waals surface area contributed by atoms with E-state index in [1.807, 2.05) is 0 Å². The minimum atomic E-state index is -0.285. The molecule has 0 aliphatic heterocycles. The molecule has 0 bridgehead atoms. The number of hydrogen-bond acceptors (Lipinski definition) is 2. The Hall–Kier alpha value is -0.240. The molecule has 9 heavy (non-hydrogen) atoms. The van der Waals surface area contributed by atoms with Gasteiger partial charge in [0.15, 0.2) is 0 Å². The topological polar surface area (TPSA) is 26.3 Å². The highest BCUT2D eigenvalue weighted by Crippen LogP contribution is 2.00.